The second kappa shape index (κ2) is 34.6. The molecule has 0 unspecified atom stereocenters. The molecule has 129 heavy (non-hydrogen) atoms. The first-order valence-electron chi connectivity index (χ1n) is 43.1. The van der Waals surface area contributed by atoms with E-state index in [0.717, 1.165) is 89.2 Å². The van der Waals surface area contributed by atoms with Crippen LogP contribution >= 0.6 is 0 Å². The van der Waals surface area contributed by atoms with Gasteiger partial charge < -0.3 is 13.7 Å². The molecule has 0 bridgehead atoms. The van der Waals surface area contributed by atoms with Crippen LogP contribution in [0.25, 0.3) is 218 Å². The molecular weight excluding hydrogens is 1570 g/mol. The van der Waals surface area contributed by atoms with Crippen LogP contribution in [-0.2, 0) is 0 Å². The topological polar surface area (TPSA) is 131 Å². The second-order valence-corrected chi connectivity index (χ2v) is 31.6. The van der Waals surface area contributed by atoms with E-state index >= 15 is 0 Å². The van der Waals surface area contributed by atoms with Gasteiger partial charge in [-0.2, -0.15) is 0 Å². The molecule has 18 aromatic carbocycles. The Morgan fingerprint density at radius 3 is 0.558 bits per heavy atom. The normalized spacial score (nSPS) is 11.3. The average Bonchev–Trinajstić information content (AvgIpc) is 1.59. The Labute approximate surface area is 745 Å². The molecule has 6 heterocycles. The van der Waals surface area contributed by atoms with Gasteiger partial charge in [0.1, 0.15) is 0 Å². The lowest BCUT2D eigenvalue weighted by atomic mass is 9.98. The summed E-state index contributed by atoms with van der Waals surface area (Å²) in [6.45, 7) is 0. The number of rotatable bonds is 15. The van der Waals surface area contributed by atoms with Gasteiger partial charge in [0.15, 0.2) is 52.4 Å². The zero-order valence-corrected chi connectivity index (χ0v) is 69.9. The summed E-state index contributed by atoms with van der Waals surface area (Å²) in [7, 11) is 0. The Bertz CT molecular complexity index is 7980. The third kappa shape index (κ3) is 15.6. The first-order chi connectivity index (χ1) is 63.9. The fourth-order valence-corrected chi connectivity index (χ4v) is 17.4. The van der Waals surface area contributed by atoms with Gasteiger partial charge in [0.2, 0.25) is 0 Å². The lowest BCUT2D eigenvalue weighted by molar-refractivity contribution is 1.07. The van der Waals surface area contributed by atoms with E-state index in [-0.39, 0.29) is 0 Å². The number of para-hydroxylation sites is 4. The van der Waals surface area contributed by atoms with Gasteiger partial charge in [0, 0.05) is 99.5 Å². The SMILES string of the molecule is c1ccc(-c2ccc3c4ccccc4n(-c4cccc(-c5nc(-c6ccccc6)nc(-c6ccccc6)n5)c4)c3c2)cc1.c1ccc(-c2cccc(-c3ccc4c5ccccc5n(-c5cccc(-c6nc(-c7ccccc7)nc(-c7ccccc7)n6)c5)c4c3)c2)cc1.c1ccc(-c2nc(-c3ccccc3)nc(-c3cccc(-n4c5ccccc5c5ccccc54)c3)n2)cc1. The zero-order chi connectivity index (χ0) is 85.8. The van der Waals surface area contributed by atoms with Crippen LogP contribution in [0.2, 0.25) is 0 Å². The van der Waals surface area contributed by atoms with Gasteiger partial charge in [0.25, 0.3) is 0 Å². The largest absolute Gasteiger partial charge is 0.309 e. The van der Waals surface area contributed by atoms with Crippen LogP contribution in [0, 0.1) is 0 Å². The van der Waals surface area contributed by atoms with Crippen molar-refractivity contribution in [1.82, 2.24) is 58.6 Å². The van der Waals surface area contributed by atoms with Gasteiger partial charge in [0.05, 0.1) is 33.1 Å². The molecule has 0 atom stereocenters. The van der Waals surface area contributed by atoms with E-state index in [4.69, 9.17) is 44.9 Å². The summed E-state index contributed by atoms with van der Waals surface area (Å²) in [6.07, 6.45) is 0. The first kappa shape index (κ1) is 77.4. The van der Waals surface area contributed by atoms with Gasteiger partial charge in [-0.15, -0.1) is 0 Å². The van der Waals surface area contributed by atoms with E-state index in [0.29, 0.717) is 52.4 Å². The molecule has 12 heteroatoms. The molecule has 0 saturated carbocycles. The number of benzene rings is 18. The third-order valence-corrected chi connectivity index (χ3v) is 23.5. The molecule has 12 nitrogen and oxygen atoms in total. The highest BCUT2D eigenvalue weighted by molar-refractivity contribution is 6.12. The Morgan fingerprint density at radius 1 is 0.109 bits per heavy atom. The van der Waals surface area contributed by atoms with E-state index in [9.17, 15) is 0 Å². The smallest absolute Gasteiger partial charge is 0.164 e. The molecule has 6 aromatic heterocycles. The molecule has 0 radical (unpaired) electrons. The maximum absolute atomic E-state index is 5.00. The second-order valence-electron chi connectivity index (χ2n) is 31.6. The maximum Gasteiger partial charge on any atom is 0.164 e. The van der Waals surface area contributed by atoms with Gasteiger partial charge >= 0.3 is 0 Å². The summed E-state index contributed by atoms with van der Waals surface area (Å²) in [5.41, 5.74) is 25.8. The van der Waals surface area contributed by atoms with E-state index < -0.39 is 0 Å². The molecule has 0 amide bonds. The minimum atomic E-state index is 0.633. The Balaban J connectivity index is 0.000000115. The average molecular weight is 1650 g/mol. The fourth-order valence-electron chi connectivity index (χ4n) is 17.4. The van der Waals surface area contributed by atoms with Crippen LogP contribution in [0.5, 0.6) is 0 Å². The van der Waals surface area contributed by atoms with Gasteiger partial charge in [-0.05, 0) is 112 Å². The minimum Gasteiger partial charge on any atom is -0.309 e. The molecule has 0 fully saturated rings. The van der Waals surface area contributed by atoms with Crippen molar-refractivity contribution in [3.63, 3.8) is 0 Å². The quantitative estimate of drug-likeness (QED) is 0.0984. The molecule has 0 aliphatic carbocycles. The van der Waals surface area contributed by atoms with Crippen LogP contribution in [0.1, 0.15) is 0 Å². The highest BCUT2D eigenvalue weighted by Crippen LogP contribution is 2.41. The molecule has 0 spiro atoms. The summed E-state index contributed by atoms with van der Waals surface area (Å²) in [5.74, 6) is 5.84. The van der Waals surface area contributed by atoms with Crippen LogP contribution < -0.4 is 0 Å². The molecule has 0 N–H and O–H groups in total. The molecule has 606 valence electrons. The lowest BCUT2D eigenvalue weighted by Gasteiger charge is -2.12. The van der Waals surface area contributed by atoms with Crippen LogP contribution in [-0.4, -0.2) is 58.6 Å². The van der Waals surface area contributed by atoms with Crippen molar-refractivity contribution in [3.05, 3.63) is 473 Å². The lowest BCUT2D eigenvalue weighted by Crippen LogP contribution is -2.01. The summed E-state index contributed by atoms with van der Waals surface area (Å²) in [5, 5.41) is 7.34. The molecule has 0 aliphatic rings. The molecule has 0 aliphatic heterocycles. The summed E-state index contributed by atoms with van der Waals surface area (Å²) in [6, 6.07) is 164. The van der Waals surface area contributed by atoms with E-state index in [1.807, 2.05) is 182 Å². The molecule has 24 rings (SSSR count). The van der Waals surface area contributed by atoms with Crippen molar-refractivity contribution >= 4 is 65.4 Å². The Morgan fingerprint density at radius 2 is 0.287 bits per heavy atom. The minimum absolute atomic E-state index is 0.633. The molecule has 0 saturated heterocycles. The van der Waals surface area contributed by atoms with Crippen LogP contribution in [0.4, 0.5) is 0 Å². The highest BCUT2D eigenvalue weighted by Gasteiger charge is 2.22. The van der Waals surface area contributed by atoms with Crippen molar-refractivity contribution < 1.29 is 0 Å². The van der Waals surface area contributed by atoms with Gasteiger partial charge in [-0.1, -0.05) is 394 Å². The third-order valence-electron chi connectivity index (χ3n) is 23.5. The van der Waals surface area contributed by atoms with Gasteiger partial charge in [-0.3, -0.25) is 0 Å². The van der Waals surface area contributed by atoms with Crippen molar-refractivity contribution in [3.8, 4) is 153 Å². The zero-order valence-electron chi connectivity index (χ0n) is 69.9. The monoisotopic (exact) mass is 1650 g/mol. The highest BCUT2D eigenvalue weighted by atomic mass is 15.1. The predicted octanol–water partition coefficient (Wildman–Crippen LogP) is 28.9. The summed E-state index contributed by atoms with van der Waals surface area (Å²) < 4.78 is 7.01. The number of nitrogens with zero attached hydrogens (tertiary/aromatic N) is 12. The van der Waals surface area contributed by atoms with E-state index in [1.54, 1.807) is 0 Å². The van der Waals surface area contributed by atoms with E-state index in [2.05, 4.69) is 305 Å². The first-order valence-corrected chi connectivity index (χ1v) is 43.1. The van der Waals surface area contributed by atoms with Crippen LogP contribution in [0.15, 0.2) is 473 Å². The molecule has 24 aromatic rings. The standard InChI is InChI=1S/C45H30N4.C39H26N4.C33H22N4/c1-4-14-31(15-5-1)34-20-12-21-35(28-34)36-26-27-40-39-24-10-11-25-41(39)49(42(40)30-36)38-23-13-22-37(29-38)45-47-43(32-16-6-2-7-17-32)46-44(48-45)33-18-8-3-9-19-33;1-4-13-27(14-5-1)30-23-24-34-33-21-10-11-22-35(33)43(36(34)26-30)32-20-12-19-31(25-32)39-41-37(28-15-6-2-7-16-28)40-38(42-39)29-17-8-3-9-18-29;1-3-12-23(13-4-1)31-34-32(24-14-5-2-6-15-24)36-33(35-31)25-16-11-17-26(22-25)37-29-20-9-7-18-27(29)28-19-8-10-21-30(28)37/h1-30H;1-26H;1-22H. The van der Waals surface area contributed by atoms with Gasteiger partial charge in [-0.25, -0.2) is 44.9 Å². The van der Waals surface area contributed by atoms with E-state index in [1.165, 1.54) is 76.7 Å². The Hall–Kier alpha value is -17.6. The van der Waals surface area contributed by atoms with Crippen molar-refractivity contribution in [2.45, 2.75) is 0 Å². The Kier molecular flexibility index (Phi) is 20.8. The number of hydrogen-bond acceptors (Lipinski definition) is 9. The summed E-state index contributed by atoms with van der Waals surface area (Å²) >= 11 is 0. The fraction of sp³-hybridized carbons (Fsp3) is 0. The number of aromatic nitrogens is 12. The van der Waals surface area contributed by atoms with Crippen molar-refractivity contribution in [1.29, 1.82) is 0 Å². The maximum atomic E-state index is 5.00. The predicted molar refractivity (Wildman–Crippen MR) is 528 cm³/mol. The number of hydrogen-bond donors (Lipinski definition) is 0. The van der Waals surface area contributed by atoms with Crippen molar-refractivity contribution in [2.24, 2.45) is 0 Å². The molecular formula is C117H78N12. The number of fused-ring (bicyclic) bond motifs is 9. The van der Waals surface area contributed by atoms with Crippen molar-refractivity contribution in [2.75, 3.05) is 0 Å². The van der Waals surface area contributed by atoms with Crippen LogP contribution in [0.3, 0.4) is 0 Å². The summed E-state index contributed by atoms with van der Waals surface area (Å²) in [4.78, 5) is 44.4.